The van der Waals surface area contributed by atoms with Gasteiger partial charge in [0.15, 0.2) is 0 Å². The number of nitrogens with one attached hydrogen (secondary N) is 2. The van der Waals surface area contributed by atoms with Crippen LogP contribution in [-0.4, -0.2) is 41.5 Å². The Balaban J connectivity index is 1.61. The molecule has 2 heterocycles. The maximum atomic E-state index is 12.4. The fraction of sp³-hybridized carbons (Fsp3) is 0.471. The van der Waals surface area contributed by atoms with E-state index >= 15 is 0 Å². The summed E-state index contributed by atoms with van der Waals surface area (Å²) in [5.41, 5.74) is 1.54. The second kappa shape index (κ2) is 6.71. The van der Waals surface area contributed by atoms with Crippen LogP contribution >= 0.6 is 11.6 Å². The number of amides is 1. The molecule has 118 valence electrons. The zero-order chi connectivity index (χ0) is 15.5. The van der Waals surface area contributed by atoms with Gasteiger partial charge < -0.3 is 15.2 Å². The summed E-state index contributed by atoms with van der Waals surface area (Å²) in [7, 11) is 0. The molecule has 1 aromatic heterocycles. The van der Waals surface area contributed by atoms with Crippen molar-refractivity contribution in [2.45, 2.75) is 32.2 Å². The molecule has 1 aromatic carbocycles. The third-order valence-electron chi connectivity index (χ3n) is 4.29. The number of benzene rings is 1. The number of hydrogen-bond donors (Lipinski definition) is 2. The quantitative estimate of drug-likeness (QED) is 0.907. The average molecular weight is 320 g/mol. The molecule has 0 saturated carbocycles. The molecular weight excluding hydrogens is 298 g/mol. The highest BCUT2D eigenvalue weighted by atomic mass is 35.5. The third kappa shape index (κ3) is 3.45. The summed E-state index contributed by atoms with van der Waals surface area (Å²) in [5, 5.41) is 4.79. The van der Waals surface area contributed by atoms with Crippen molar-refractivity contribution >= 4 is 28.4 Å². The van der Waals surface area contributed by atoms with Crippen LogP contribution in [0.3, 0.4) is 0 Å². The zero-order valence-electron chi connectivity index (χ0n) is 12.9. The number of H-pyrrole nitrogens is 1. The normalized spacial score (nSPS) is 17.0. The lowest BCUT2D eigenvalue weighted by Gasteiger charge is -2.31. The van der Waals surface area contributed by atoms with E-state index in [9.17, 15) is 4.79 Å². The average Bonchev–Trinajstić information content (AvgIpc) is 2.92. The van der Waals surface area contributed by atoms with Gasteiger partial charge in [-0.2, -0.15) is 0 Å². The van der Waals surface area contributed by atoms with Gasteiger partial charge in [0.05, 0.1) is 0 Å². The number of aromatic amines is 1. The topological polar surface area (TPSA) is 48.1 Å². The molecule has 0 bridgehead atoms. The van der Waals surface area contributed by atoms with Crippen molar-refractivity contribution in [2.24, 2.45) is 0 Å². The number of hydrogen-bond acceptors (Lipinski definition) is 2. The summed E-state index contributed by atoms with van der Waals surface area (Å²) in [5.74, 6) is -0.0266. The van der Waals surface area contributed by atoms with Gasteiger partial charge in [-0.1, -0.05) is 18.5 Å². The Hall–Kier alpha value is -1.52. The van der Waals surface area contributed by atoms with Crippen LogP contribution in [0.5, 0.6) is 0 Å². The van der Waals surface area contributed by atoms with Crippen LogP contribution in [0.15, 0.2) is 24.3 Å². The van der Waals surface area contributed by atoms with Crippen molar-refractivity contribution in [2.75, 3.05) is 19.6 Å². The monoisotopic (exact) mass is 319 g/mol. The number of halogens is 1. The van der Waals surface area contributed by atoms with Crippen LogP contribution in [0, 0.1) is 0 Å². The second-order valence-electron chi connectivity index (χ2n) is 6.00. The third-order valence-corrected chi connectivity index (χ3v) is 4.53. The van der Waals surface area contributed by atoms with Crippen molar-refractivity contribution in [3.05, 3.63) is 35.0 Å². The number of aromatic nitrogens is 1. The summed E-state index contributed by atoms with van der Waals surface area (Å²) < 4.78 is 0. The summed E-state index contributed by atoms with van der Waals surface area (Å²) in [4.78, 5) is 18.0. The molecule has 0 radical (unpaired) electrons. The molecule has 1 aliphatic heterocycles. The Morgan fingerprint density at radius 1 is 1.36 bits per heavy atom. The fourth-order valence-corrected chi connectivity index (χ4v) is 3.29. The SMILES string of the molecule is CCCN1CCC(NC(=O)c2cc3cc(Cl)ccc3[nH]2)CC1. The predicted molar refractivity (Wildman–Crippen MR) is 90.5 cm³/mol. The Kier molecular flexibility index (Phi) is 4.69. The first-order chi connectivity index (χ1) is 10.7. The van der Waals surface area contributed by atoms with Crippen molar-refractivity contribution in [3.63, 3.8) is 0 Å². The highest BCUT2D eigenvalue weighted by Crippen LogP contribution is 2.20. The molecule has 0 unspecified atom stereocenters. The molecule has 1 fully saturated rings. The molecule has 22 heavy (non-hydrogen) atoms. The number of nitrogens with zero attached hydrogens (tertiary/aromatic N) is 1. The number of fused-ring (bicyclic) bond motifs is 1. The van der Waals surface area contributed by atoms with E-state index in [1.54, 1.807) is 0 Å². The number of carbonyl (C=O) groups is 1. The van der Waals surface area contributed by atoms with Crippen LogP contribution in [0.2, 0.25) is 5.02 Å². The van der Waals surface area contributed by atoms with Crippen molar-refractivity contribution in [1.29, 1.82) is 0 Å². The van der Waals surface area contributed by atoms with Gasteiger partial charge in [-0.15, -0.1) is 0 Å². The van der Waals surface area contributed by atoms with E-state index in [4.69, 9.17) is 11.6 Å². The minimum atomic E-state index is -0.0266. The first kappa shape index (κ1) is 15.4. The van der Waals surface area contributed by atoms with Gasteiger partial charge in [0.25, 0.3) is 5.91 Å². The van der Waals surface area contributed by atoms with Crippen LogP contribution in [0.1, 0.15) is 36.7 Å². The minimum Gasteiger partial charge on any atom is -0.351 e. The Morgan fingerprint density at radius 3 is 2.86 bits per heavy atom. The molecule has 3 rings (SSSR count). The molecule has 1 amide bonds. The van der Waals surface area contributed by atoms with Crippen LogP contribution in [-0.2, 0) is 0 Å². The van der Waals surface area contributed by atoms with E-state index < -0.39 is 0 Å². The molecule has 1 aliphatic rings. The molecule has 4 nitrogen and oxygen atoms in total. The van der Waals surface area contributed by atoms with Crippen LogP contribution in [0.4, 0.5) is 0 Å². The molecular formula is C17H22ClN3O. The largest absolute Gasteiger partial charge is 0.351 e. The molecule has 2 N–H and O–H groups in total. The summed E-state index contributed by atoms with van der Waals surface area (Å²) in [6.45, 7) is 5.50. The lowest BCUT2D eigenvalue weighted by molar-refractivity contribution is 0.0907. The van der Waals surface area contributed by atoms with E-state index in [0.29, 0.717) is 10.7 Å². The zero-order valence-corrected chi connectivity index (χ0v) is 13.6. The van der Waals surface area contributed by atoms with E-state index in [1.807, 2.05) is 24.3 Å². The van der Waals surface area contributed by atoms with Crippen molar-refractivity contribution < 1.29 is 4.79 Å². The molecule has 0 spiro atoms. The first-order valence-electron chi connectivity index (χ1n) is 7.97. The predicted octanol–water partition coefficient (Wildman–Crippen LogP) is 3.43. The van der Waals surface area contributed by atoms with Crippen LogP contribution < -0.4 is 5.32 Å². The Morgan fingerprint density at radius 2 is 2.14 bits per heavy atom. The Labute approximate surface area is 135 Å². The van der Waals surface area contributed by atoms with Gasteiger partial charge in [-0.3, -0.25) is 4.79 Å². The smallest absolute Gasteiger partial charge is 0.267 e. The van der Waals surface area contributed by atoms with Gasteiger partial charge in [0.2, 0.25) is 0 Å². The lowest BCUT2D eigenvalue weighted by Crippen LogP contribution is -2.44. The standard InChI is InChI=1S/C17H22ClN3O/c1-2-7-21-8-5-14(6-9-21)19-17(22)16-11-12-10-13(18)3-4-15(12)20-16/h3-4,10-11,14,20H,2,5-9H2,1H3,(H,19,22). The number of rotatable bonds is 4. The number of piperidine rings is 1. The maximum absolute atomic E-state index is 12.4. The first-order valence-corrected chi connectivity index (χ1v) is 8.35. The minimum absolute atomic E-state index is 0.0266. The summed E-state index contributed by atoms with van der Waals surface area (Å²) >= 11 is 5.98. The highest BCUT2D eigenvalue weighted by Gasteiger charge is 2.21. The van der Waals surface area contributed by atoms with Gasteiger partial charge in [0.1, 0.15) is 5.69 Å². The summed E-state index contributed by atoms with van der Waals surface area (Å²) in [6, 6.07) is 7.73. The van der Waals surface area contributed by atoms with E-state index in [0.717, 1.165) is 43.4 Å². The maximum Gasteiger partial charge on any atom is 0.267 e. The molecule has 2 aromatic rings. The van der Waals surface area contributed by atoms with Gasteiger partial charge >= 0.3 is 0 Å². The van der Waals surface area contributed by atoms with Gasteiger partial charge in [-0.25, -0.2) is 0 Å². The van der Waals surface area contributed by atoms with Gasteiger partial charge in [0, 0.05) is 35.1 Å². The molecule has 1 saturated heterocycles. The van der Waals surface area contributed by atoms with Crippen molar-refractivity contribution in [3.8, 4) is 0 Å². The molecule has 0 aliphatic carbocycles. The molecule has 0 atom stereocenters. The highest BCUT2D eigenvalue weighted by molar-refractivity contribution is 6.31. The van der Waals surface area contributed by atoms with Gasteiger partial charge in [-0.05, 0) is 50.1 Å². The second-order valence-corrected chi connectivity index (χ2v) is 6.44. The van der Waals surface area contributed by atoms with E-state index in [1.165, 1.54) is 6.42 Å². The number of carbonyl (C=O) groups excluding carboxylic acids is 1. The van der Waals surface area contributed by atoms with Crippen LogP contribution in [0.25, 0.3) is 10.9 Å². The molecule has 5 heteroatoms. The van der Waals surface area contributed by atoms with E-state index in [2.05, 4.69) is 22.1 Å². The lowest BCUT2D eigenvalue weighted by atomic mass is 10.0. The number of likely N-dealkylation sites (tertiary alicyclic amines) is 1. The summed E-state index contributed by atoms with van der Waals surface area (Å²) in [6.07, 6.45) is 3.24. The Bertz CT molecular complexity index is 659. The van der Waals surface area contributed by atoms with Crippen molar-refractivity contribution in [1.82, 2.24) is 15.2 Å². The van der Waals surface area contributed by atoms with E-state index in [-0.39, 0.29) is 11.9 Å². The fourth-order valence-electron chi connectivity index (χ4n) is 3.11.